The highest BCUT2D eigenvalue weighted by atomic mass is 35.5. The summed E-state index contributed by atoms with van der Waals surface area (Å²) in [6.07, 6.45) is 2.89. The minimum Gasteiger partial charge on any atom is -0.495 e. The van der Waals surface area contributed by atoms with E-state index < -0.39 is 17.1 Å². The number of benzene rings is 3. The number of thioether (sulfide) groups is 1. The molecule has 0 unspecified atom stereocenters. The number of hydrogen-bond acceptors (Lipinski definition) is 7. The standard InChI is InChI=1S/C31H24ClN3O6S/c1-40-26-13-12-21(16-24(26)32)35-28(36)18-27(31(35)39)42-23-11-5-9-20(15-23)33-30(38)25(17-22-10-6-14-41-22)34-29(37)19-7-3-2-4-8-19/h2-17,27H,18H2,1H3,(H,33,38)(H,34,37)/b25-17-/t27-/m0/s1. The highest BCUT2D eigenvalue weighted by Gasteiger charge is 2.40. The van der Waals surface area contributed by atoms with Crippen LogP contribution in [0.5, 0.6) is 5.75 Å². The van der Waals surface area contributed by atoms with Gasteiger partial charge >= 0.3 is 0 Å². The highest BCUT2D eigenvalue weighted by molar-refractivity contribution is 8.00. The number of ether oxygens (including phenoxy) is 1. The zero-order valence-electron chi connectivity index (χ0n) is 22.2. The van der Waals surface area contributed by atoms with Crippen LogP contribution in [-0.4, -0.2) is 36.0 Å². The van der Waals surface area contributed by atoms with E-state index >= 15 is 0 Å². The Morgan fingerprint density at radius 1 is 1.02 bits per heavy atom. The van der Waals surface area contributed by atoms with Crippen molar-refractivity contribution in [3.63, 3.8) is 0 Å². The highest BCUT2D eigenvalue weighted by Crippen LogP contribution is 2.37. The number of methoxy groups -OCH3 is 1. The van der Waals surface area contributed by atoms with Crippen LogP contribution in [0, 0.1) is 0 Å². The molecule has 1 aliphatic heterocycles. The number of carbonyl (C=O) groups is 4. The summed E-state index contributed by atoms with van der Waals surface area (Å²) in [5.74, 6) is -0.929. The van der Waals surface area contributed by atoms with Crippen molar-refractivity contribution in [1.29, 1.82) is 0 Å². The van der Waals surface area contributed by atoms with Crippen molar-refractivity contribution in [3.8, 4) is 5.75 Å². The summed E-state index contributed by atoms with van der Waals surface area (Å²) in [7, 11) is 1.48. The normalized spacial score (nSPS) is 15.0. The average Bonchev–Trinajstić information content (AvgIpc) is 3.60. The van der Waals surface area contributed by atoms with Gasteiger partial charge in [0, 0.05) is 28.6 Å². The summed E-state index contributed by atoms with van der Waals surface area (Å²) in [5.41, 5.74) is 1.16. The maximum absolute atomic E-state index is 13.3. The van der Waals surface area contributed by atoms with Gasteiger partial charge in [-0.1, -0.05) is 35.9 Å². The first kappa shape index (κ1) is 28.7. The van der Waals surface area contributed by atoms with E-state index in [2.05, 4.69) is 10.6 Å². The van der Waals surface area contributed by atoms with E-state index in [9.17, 15) is 19.2 Å². The van der Waals surface area contributed by atoms with Crippen LogP contribution in [0.1, 0.15) is 22.5 Å². The Balaban J connectivity index is 1.30. The molecule has 0 spiro atoms. The zero-order valence-corrected chi connectivity index (χ0v) is 23.8. The van der Waals surface area contributed by atoms with Gasteiger partial charge in [0.15, 0.2) is 0 Å². The fraction of sp³-hybridized carbons (Fsp3) is 0.0968. The Morgan fingerprint density at radius 3 is 2.55 bits per heavy atom. The van der Waals surface area contributed by atoms with E-state index in [1.165, 1.54) is 37.3 Å². The van der Waals surface area contributed by atoms with Crippen molar-refractivity contribution < 1.29 is 28.3 Å². The van der Waals surface area contributed by atoms with E-state index in [1.807, 2.05) is 0 Å². The Bertz CT molecular complexity index is 1670. The van der Waals surface area contributed by atoms with Gasteiger partial charge in [-0.15, -0.1) is 11.8 Å². The fourth-order valence-corrected chi connectivity index (χ4v) is 5.59. The van der Waals surface area contributed by atoms with Gasteiger partial charge < -0.3 is 19.8 Å². The number of nitrogens with one attached hydrogen (secondary N) is 2. The Labute approximate surface area is 250 Å². The van der Waals surface area contributed by atoms with Gasteiger partial charge in [0.05, 0.1) is 29.3 Å². The Morgan fingerprint density at radius 2 is 1.83 bits per heavy atom. The van der Waals surface area contributed by atoms with Crippen molar-refractivity contribution in [2.24, 2.45) is 0 Å². The molecule has 1 fully saturated rings. The molecule has 4 amide bonds. The molecule has 11 heteroatoms. The molecule has 5 rings (SSSR count). The van der Waals surface area contributed by atoms with Gasteiger partial charge in [0.25, 0.3) is 11.8 Å². The number of carbonyl (C=O) groups excluding carboxylic acids is 4. The second-order valence-corrected chi connectivity index (χ2v) is 10.8. The summed E-state index contributed by atoms with van der Waals surface area (Å²) in [5, 5.41) is 5.05. The van der Waals surface area contributed by atoms with Gasteiger partial charge in [-0.3, -0.25) is 19.2 Å². The SMILES string of the molecule is COc1ccc(N2C(=O)C[C@H](Sc3cccc(NC(=O)/C(=C/c4ccco4)NC(=O)c4ccccc4)c3)C2=O)cc1Cl. The third-order valence-electron chi connectivity index (χ3n) is 6.23. The average molecular weight is 602 g/mol. The maximum Gasteiger partial charge on any atom is 0.272 e. The number of rotatable bonds is 9. The number of furan rings is 1. The third kappa shape index (κ3) is 6.56. The van der Waals surface area contributed by atoms with Crippen LogP contribution in [0.4, 0.5) is 11.4 Å². The number of anilines is 2. The second kappa shape index (κ2) is 12.8. The molecule has 1 aliphatic rings. The summed E-state index contributed by atoms with van der Waals surface area (Å²) >= 11 is 7.42. The van der Waals surface area contributed by atoms with E-state index in [0.29, 0.717) is 33.3 Å². The van der Waals surface area contributed by atoms with E-state index in [1.54, 1.807) is 78.9 Å². The minimum atomic E-state index is -0.663. The molecule has 42 heavy (non-hydrogen) atoms. The van der Waals surface area contributed by atoms with Crippen LogP contribution in [0.25, 0.3) is 6.08 Å². The molecule has 0 bridgehead atoms. The summed E-state index contributed by atoms with van der Waals surface area (Å²) < 4.78 is 10.5. The first-order chi connectivity index (χ1) is 20.3. The predicted octanol–water partition coefficient (Wildman–Crippen LogP) is 5.78. The number of halogens is 1. The monoisotopic (exact) mass is 601 g/mol. The molecular weight excluding hydrogens is 578 g/mol. The molecule has 0 aliphatic carbocycles. The number of hydrogen-bond donors (Lipinski definition) is 2. The molecule has 0 radical (unpaired) electrons. The van der Waals surface area contributed by atoms with Crippen LogP contribution in [0.3, 0.4) is 0 Å². The van der Waals surface area contributed by atoms with Gasteiger partial charge in [0.1, 0.15) is 17.2 Å². The second-order valence-electron chi connectivity index (χ2n) is 9.07. The number of imide groups is 1. The van der Waals surface area contributed by atoms with E-state index in [4.69, 9.17) is 20.8 Å². The van der Waals surface area contributed by atoms with Crippen molar-refractivity contribution in [2.75, 3.05) is 17.3 Å². The van der Waals surface area contributed by atoms with Crippen molar-refractivity contribution in [3.05, 3.63) is 113 Å². The zero-order chi connectivity index (χ0) is 29.6. The van der Waals surface area contributed by atoms with Crippen molar-refractivity contribution in [1.82, 2.24) is 5.32 Å². The Kier molecular flexibility index (Phi) is 8.75. The number of nitrogens with zero attached hydrogens (tertiary/aromatic N) is 1. The molecule has 1 aromatic heterocycles. The van der Waals surface area contributed by atoms with Crippen LogP contribution in [0.2, 0.25) is 5.02 Å². The first-order valence-electron chi connectivity index (χ1n) is 12.7. The Hall–Kier alpha value is -4.80. The van der Waals surface area contributed by atoms with Gasteiger partial charge in [0.2, 0.25) is 11.8 Å². The molecule has 3 aromatic carbocycles. The lowest BCUT2D eigenvalue weighted by Crippen LogP contribution is -2.31. The predicted molar refractivity (Wildman–Crippen MR) is 160 cm³/mol. The topological polar surface area (TPSA) is 118 Å². The van der Waals surface area contributed by atoms with E-state index in [-0.39, 0.29) is 29.0 Å². The minimum absolute atomic E-state index is 0.00524. The smallest absolute Gasteiger partial charge is 0.272 e. The quantitative estimate of drug-likeness (QED) is 0.185. The summed E-state index contributed by atoms with van der Waals surface area (Å²) in [6, 6.07) is 23.4. The molecule has 2 N–H and O–H groups in total. The lowest BCUT2D eigenvalue weighted by Gasteiger charge is -2.16. The molecule has 0 saturated carbocycles. The van der Waals surface area contributed by atoms with Gasteiger partial charge in [-0.2, -0.15) is 0 Å². The largest absolute Gasteiger partial charge is 0.495 e. The maximum atomic E-state index is 13.3. The molecular formula is C31H24ClN3O6S. The lowest BCUT2D eigenvalue weighted by atomic mass is 10.2. The first-order valence-corrected chi connectivity index (χ1v) is 14.0. The van der Waals surface area contributed by atoms with Crippen molar-refractivity contribution >= 4 is 64.4 Å². The molecule has 9 nitrogen and oxygen atoms in total. The molecule has 212 valence electrons. The molecule has 4 aromatic rings. The molecule has 2 heterocycles. The number of amides is 4. The van der Waals surface area contributed by atoms with Crippen LogP contribution >= 0.6 is 23.4 Å². The summed E-state index contributed by atoms with van der Waals surface area (Å²) in [4.78, 5) is 53.8. The van der Waals surface area contributed by atoms with E-state index in [0.717, 1.165) is 4.90 Å². The third-order valence-corrected chi connectivity index (χ3v) is 7.70. The van der Waals surface area contributed by atoms with Crippen LogP contribution in [-0.2, 0) is 14.4 Å². The van der Waals surface area contributed by atoms with Crippen LogP contribution in [0.15, 0.2) is 106 Å². The molecule has 1 saturated heterocycles. The van der Waals surface area contributed by atoms with Gasteiger partial charge in [-0.05, 0) is 60.7 Å². The lowest BCUT2D eigenvalue weighted by molar-refractivity contribution is -0.121. The van der Waals surface area contributed by atoms with Gasteiger partial charge in [-0.25, -0.2) is 4.90 Å². The fourth-order valence-electron chi connectivity index (χ4n) is 4.23. The molecule has 1 atom stereocenters. The summed E-state index contributed by atoms with van der Waals surface area (Å²) in [6.45, 7) is 0. The van der Waals surface area contributed by atoms with Crippen LogP contribution < -0.4 is 20.3 Å². The van der Waals surface area contributed by atoms with Crippen molar-refractivity contribution in [2.45, 2.75) is 16.6 Å².